The van der Waals surface area contributed by atoms with E-state index in [0.29, 0.717) is 11.8 Å². The molecule has 0 N–H and O–H groups in total. The predicted octanol–water partition coefficient (Wildman–Crippen LogP) is 18.8. The second kappa shape index (κ2) is 35.8. The van der Waals surface area contributed by atoms with Gasteiger partial charge in [0.15, 0.2) is 0 Å². The van der Waals surface area contributed by atoms with Crippen LogP contribution in [-0.2, 0) is 71.8 Å². The lowest BCUT2D eigenvalue weighted by atomic mass is 9.88. The van der Waals surface area contributed by atoms with Crippen molar-refractivity contribution >= 4 is 0 Å². The Balaban J connectivity index is 0.000000601. The van der Waals surface area contributed by atoms with Gasteiger partial charge >= 0.3 is 18.5 Å². The summed E-state index contributed by atoms with van der Waals surface area (Å²) in [6.07, 6.45) is -2.32. The van der Waals surface area contributed by atoms with Gasteiger partial charge in [0.2, 0.25) is 0 Å². The Kier molecular flexibility index (Phi) is 32.6. The van der Waals surface area contributed by atoms with Crippen LogP contribution in [0.1, 0.15) is 227 Å². The van der Waals surface area contributed by atoms with Gasteiger partial charge in [-0.25, -0.2) is 0 Å². The van der Waals surface area contributed by atoms with Crippen molar-refractivity contribution in [2.24, 2.45) is 35.0 Å². The van der Waals surface area contributed by atoms with Gasteiger partial charge in [0.05, 0.1) is 17.8 Å². The smallest absolute Gasteiger partial charge is 0.315 e. The second-order valence-corrected chi connectivity index (χ2v) is 34.6. The summed E-state index contributed by atoms with van der Waals surface area (Å²) >= 11 is 0. The fraction of sp³-hybridized carbons (Fsp3) is 0.620. The average Bonchev–Trinajstić information content (AvgIpc) is 0.852. The Morgan fingerprint density at radius 3 is 0.540 bits per heavy atom. The third-order valence-electron chi connectivity index (χ3n) is 16.0. The van der Waals surface area contributed by atoms with E-state index in [0.717, 1.165) is 70.8 Å². The largest absolute Gasteiger partial charge is 0.393 e. The molecule has 0 bridgehead atoms. The quantitative estimate of drug-likeness (QED) is 0.119. The zero-order chi connectivity index (χ0) is 78.2. The molecule has 6 aromatic heterocycles. The summed E-state index contributed by atoms with van der Waals surface area (Å²) in [6, 6.07) is 19.8. The second-order valence-electron chi connectivity index (χ2n) is 34.6. The lowest BCUT2D eigenvalue weighted by Crippen LogP contribution is -2.30. The van der Waals surface area contributed by atoms with Crippen molar-refractivity contribution in [2.75, 3.05) is 0 Å². The van der Waals surface area contributed by atoms with Crippen LogP contribution in [0.25, 0.3) is 0 Å². The van der Waals surface area contributed by atoms with E-state index in [2.05, 4.69) is 111 Å². The summed E-state index contributed by atoms with van der Waals surface area (Å²) in [6.45, 7) is 56.5. The molecule has 0 amide bonds. The first-order valence-corrected chi connectivity index (χ1v) is 34.2. The number of halogens is 9. The van der Waals surface area contributed by atoms with Crippen LogP contribution in [0.15, 0.2) is 139 Å². The number of aromatic nitrogens is 6. The first-order chi connectivity index (χ1) is 44.7. The molecule has 564 valence electrons. The SMILES string of the molecule is CC(C)(C)Cn1cc(C(C)(C)C)ccc1=O.CC(C)Cn1cc(C(C)(C)C)ccc1=O.CC(C)Cn1cc(C(C)(C)C)ccc1=O.CC(Cn1cc(C(C)(C)C)ccc1=O)C(F)(F)F.C[C@@H](Cn1cc(C(C)(C)C)ccc1=O)C(F)(F)F.C[C@H](Cn1cc(C(C)(C)C)ccc1=O)C(F)(F)F. The number of hydrogen-bond donors (Lipinski definition) is 0. The Bertz CT molecular complexity index is 3610. The first kappa shape index (κ1) is 91.1. The molecule has 0 saturated heterocycles. The van der Waals surface area contributed by atoms with Crippen LogP contribution in [0.3, 0.4) is 0 Å². The van der Waals surface area contributed by atoms with Gasteiger partial charge in [-0.2, -0.15) is 39.5 Å². The number of nitrogens with zero attached hydrogens (tertiary/aromatic N) is 6. The van der Waals surface area contributed by atoms with Crippen molar-refractivity contribution in [3.8, 4) is 0 Å². The van der Waals surface area contributed by atoms with E-state index in [-0.39, 0.29) is 74.2 Å². The molecule has 1 unspecified atom stereocenters. The molecular formula is C79H119F9N6O6. The van der Waals surface area contributed by atoms with Crippen LogP contribution in [-0.4, -0.2) is 45.9 Å². The van der Waals surface area contributed by atoms with Crippen molar-refractivity contribution in [1.29, 1.82) is 0 Å². The maximum Gasteiger partial charge on any atom is 0.393 e. The molecule has 0 radical (unpaired) electrons. The standard InChI is InChI=1S/C14H23NO.3C13H18F3NO.2C13H21NO/c1-13(2,3)10-15-9-11(14(4,5)6)7-8-12(15)16;3*1-9(13(14,15)16)7-17-8-10(12(2,3)4)5-6-11(17)18;2*1-10(2)8-14-9-11(13(3,4)5)6-7-12(14)15/h7-9H,10H2,1-6H3;3*5-6,8-9H,7H2,1-4H3;2*6-7,9-10H,8H2,1-5H3/t;2*9-;;;/m.10.../s1. The molecule has 3 atom stereocenters. The molecule has 0 fully saturated rings. The summed E-state index contributed by atoms with van der Waals surface area (Å²) in [5.41, 5.74) is 5.05. The molecule has 6 rings (SSSR count). The zero-order valence-electron chi connectivity index (χ0n) is 65.1. The minimum Gasteiger partial charge on any atom is -0.315 e. The molecule has 0 aliphatic heterocycles. The third kappa shape index (κ3) is 32.8. The fourth-order valence-corrected chi connectivity index (χ4v) is 9.18. The molecule has 21 heteroatoms. The normalized spacial score (nSPS) is 13.6. The Morgan fingerprint density at radius 2 is 0.400 bits per heavy atom. The van der Waals surface area contributed by atoms with Crippen LogP contribution in [0.5, 0.6) is 0 Å². The van der Waals surface area contributed by atoms with E-state index in [4.69, 9.17) is 0 Å². The van der Waals surface area contributed by atoms with Crippen molar-refractivity contribution in [1.82, 2.24) is 27.4 Å². The Morgan fingerprint density at radius 1 is 0.250 bits per heavy atom. The average molecular weight is 1420 g/mol. The fourth-order valence-electron chi connectivity index (χ4n) is 9.18. The summed E-state index contributed by atoms with van der Waals surface area (Å²) < 4.78 is 121. The van der Waals surface area contributed by atoms with Gasteiger partial charge in [-0.1, -0.05) is 230 Å². The van der Waals surface area contributed by atoms with Gasteiger partial charge in [0.1, 0.15) is 0 Å². The highest BCUT2D eigenvalue weighted by atomic mass is 19.4. The summed E-state index contributed by atoms with van der Waals surface area (Å²) in [4.78, 5) is 69.6. The van der Waals surface area contributed by atoms with E-state index < -0.39 is 53.0 Å². The highest BCUT2D eigenvalue weighted by molar-refractivity contribution is 5.23. The van der Waals surface area contributed by atoms with Gasteiger partial charge in [0, 0.05) is 113 Å². The lowest BCUT2D eigenvalue weighted by Gasteiger charge is -2.23. The molecule has 100 heavy (non-hydrogen) atoms. The molecule has 0 spiro atoms. The molecule has 6 heterocycles. The molecule has 0 aliphatic rings. The maximum absolute atomic E-state index is 12.5. The van der Waals surface area contributed by atoms with Gasteiger partial charge in [-0.05, 0) is 83.1 Å². The van der Waals surface area contributed by atoms with Gasteiger partial charge < -0.3 is 27.4 Å². The lowest BCUT2D eigenvalue weighted by molar-refractivity contribution is -0.173. The molecule has 0 aromatic carbocycles. The Labute approximate surface area is 589 Å². The van der Waals surface area contributed by atoms with E-state index >= 15 is 0 Å². The molecule has 12 nitrogen and oxygen atoms in total. The van der Waals surface area contributed by atoms with Gasteiger partial charge in [-0.3, -0.25) is 28.8 Å². The first-order valence-electron chi connectivity index (χ1n) is 34.2. The molecular weight excluding hydrogens is 1300 g/mol. The van der Waals surface area contributed by atoms with Gasteiger partial charge in [0.25, 0.3) is 33.4 Å². The summed E-state index contributed by atoms with van der Waals surface area (Å²) in [7, 11) is 0. The number of hydrogen-bond acceptors (Lipinski definition) is 6. The predicted molar refractivity (Wildman–Crippen MR) is 391 cm³/mol. The van der Waals surface area contributed by atoms with E-state index in [1.54, 1.807) is 36.4 Å². The number of pyridine rings is 6. The number of alkyl halides is 9. The topological polar surface area (TPSA) is 132 Å². The minimum absolute atomic E-state index is 0.0860. The van der Waals surface area contributed by atoms with Crippen molar-refractivity contribution in [3.63, 3.8) is 0 Å². The van der Waals surface area contributed by atoms with Crippen LogP contribution in [0.2, 0.25) is 0 Å². The van der Waals surface area contributed by atoms with Crippen LogP contribution in [0, 0.1) is 35.0 Å². The summed E-state index contributed by atoms with van der Waals surface area (Å²) in [5.74, 6) is -3.61. The van der Waals surface area contributed by atoms with Crippen LogP contribution >= 0.6 is 0 Å². The van der Waals surface area contributed by atoms with E-state index in [1.165, 1.54) is 53.5 Å². The van der Waals surface area contributed by atoms with Crippen molar-refractivity contribution in [3.05, 3.63) is 205 Å². The monoisotopic (exact) mass is 1420 g/mol. The minimum atomic E-state index is -4.28. The molecule has 0 saturated carbocycles. The van der Waals surface area contributed by atoms with Crippen LogP contribution in [0.4, 0.5) is 39.5 Å². The molecule has 0 aliphatic carbocycles. The molecule has 6 aromatic rings. The third-order valence-corrected chi connectivity index (χ3v) is 16.0. The number of rotatable bonds is 11. The zero-order valence-corrected chi connectivity index (χ0v) is 65.1. The van der Waals surface area contributed by atoms with E-state index in [1.807, 2.05) is 113 Å². The summed E-state index contributed by atoms with van der Waals surface area (Å²) in [5, 5.41) is 0. The highest BCUT2D eigenvalue weighted by Crippen LogP contribution is 2.31. The maximum atomic E-state index is 12.5. The van der Waals surface area contributed by atoms with Crippen molar-refractivity contribution in [2.45, 2.75) is 284 Å². The Hall–Kier alpha value is -6.93. The highest BCUT2D eigenvalue weighted by Gasteiger charge is 2.38. The van der Waals surface area contributed by atoms with Crippen LogP contribution < -0.4 is 33.4 Å². The van der Waals surface area contributed by atoms with Gasteiger partial charge in [-0.15, -0.1) is 0 Å². The van der Waals surface area contributed by atoms with Crippen molar-refractivity contribution < 1.29 is 39.5 Å². The van der Waals surface area contributed by atoms with E-state index in [9.17, 15) is 68.3 Å².